The lowest BCUT2D eigenvalue weighted by atomic mass is 10.1. The van der Waals surface area contributed by atoms with Gasteiger partial charge in [-0.2, -0.15) is 0 Å². The number of aromatic nitrogens is 1. The van der Waals surface area contributed by atoms with Gasteiger partial charge in [-0.15, -0.1) is 0 Å². The minimum absolute atomic E-state index is 0.113. The number of halogens is 1. The van der Waals surface area contributed by atoms with Gasteiger partial charge in [-0.1, -0.05) is 34.1 Å². The van der Waals surface area contributed by atoms with Gasteiger partial charge in [0, 0.05) is 22.7 Å². The predicted octanol–water partition coefficient (Wildman–Crippen LogP) is 3.13. The standard InChI is InChI=1S/C11H10BrNO/c1-7(12)11(14)9-6-13-10-5-3-2-4-8(9)10/h2-7,13H,1H3/t7-/m0/s1. The van der Waals surface area contributed by atoms with Crippen LogP contribution in [0.15, 0.2) is 30.5 Å². The highest BCUT2D eigenvalue weighted by Crippen LogP contribution is 2.20. The Morgan fingerprint density at radius 2 is 2.14 bits per heavy atom. The molecular weight excluding hydrogens is 242 g/mol. The number of carbonyl (C=O) groups excluding carboxylic acids is 1. The number of ketones is 1. The first-order valence-corrected chi connectivity index (χ1v) is 5.36. The number of H-pyrrole nitrogens is 1. The topological polar surface area (TPSA) is 32.9 Å². The minimum atomic E-state index is -0.137. The van der Waals surface area contributed by atoms with E-state index in [2.05, 4.69) is 20.9 Å². The van der Waals surface area contributed by atoms with E-state index >= 15 is 0 Å². The van der Waals surface area contributed by atoms with Gasteiger partial charge in [-0.05, 0) is 13.0 Å². The van der Waals surface area contributed by atoms with E-state index in [1.807, 2.05) is 31.2 Å². The molecule has 2 rings (SSSR count). The first kappa shape index (κ1) is 9.46. The summed E-state index contributed by atoms with van der Waals surface area (Å²) in [7, 11) is 0. The number of fused-ring (bicyclic) bond motifs is 1. The first-order chi connectivity index (χ1) is 6.70. The van der Waals surface area contributed by atoms with Gasteiger partial charge in [0.15, 0.2) is 5.78 Å². The molecule has 1 N–H and O–H groups in total. The molecule has 14 heavy (non-hydrogen) atoms. The lowest BCUT2D eigenvalue weighted by Crippen LogP contribution is -2.08. The number of hydrogen-bond donors (Lipinski definition) is 1. The first-order valence-electron chi connectivity index (χ1n) is 4.44. The van der Waals surface area contributed by atoms with Crippen LogP contribution in [0, 0.1) is 0 Å². The molecule has 3 heteroatoms. The fourth-order valence-electron chi connectivity index (χ4n) is 1.49. The van der Waals surface area contributed by atoms with E-state index in [4.69, 9.17) is 0 Å². The Balaban J connectivity index is 2.58. The van der Waals surface area contributed by atoms with Crippen LogP contribution in [0.1, 0.15) is 17.3 Å². The van der Waals surface area contributed by atoms with E-state index in [0.717, 1.165) is 16.5 Å². The third-order valence-electron chi connectivity index (χ3n) is 2.22. The molecule has 72 valence electrons. The lowest BCUT2D eigenvalue weighted by molar-refractivity contribution is 0.0997. The smallest absolute Gasteiger partial charge is 0.178 e. The second-order valence-electron chi connectivity index (χ2n) is 3.23. The number of para-hydroxylation sites is 1. The van der Waals surface area contributed by atoms with Crippen molar-refractivity contribution in [3.05, 3.63) is 36.0 Å². The number of aromatic amines is 1. The lowest BCUT2D eigenvalue weighted by Gasteiger charge is -1.99. The number of nitrogens with one attached hydrogen (secondary N) is 1. The highest BCUT2D eigenvalue weighted by Gasteiger charge is 2.15. The van der Waals surface area contributed by atoms with E-state index < -0.39 is 0 Å². The maximum absolute atomic E-state index is 11.8. The van der Waals surface area contributed by atoms with Crippen LogP contribution in [-0.2, 0) is 0 Å². The number of hydrogen-bond acceptors (Lipinski definition) is 1. The van der Waals surface area contributed by atoms with Gasteiger partial charge in [-0.25, -0.2) is 0 Å². The third-order valence-corrected chi connectivity index (χ3v) is 2.63. The van der Waals surface area contributed by atoms with Crippen LogP contribution in [0.3, 0.4) is 0 Å². The van der Waals surface area contributed by atoms with Crippen LogP contribution >= 0.6 is 15.9 Å². The Morgan fingerprint density at radius 1 is 1.43 bits per heavy atom. The zero-order valence-electron chi connectivity index (χ0n) is 7.75. The Bertz CT molecular complexity index is 473. The van der Waals surface area contributed by atoms with Crippen LogP contribution in [-0.4, -0.2) is 15.6 Å². The second kappa shape index (κ2) is 3.58. The summed E-state index contributed by atoms with van der Waals surface area (Å²) >= 11 is 3.28. The Labute approximate surface area is 90.4 Å². The molecule has 0 aliphatic rings. The van der Waals surface area contributed by atoms with E-state index in [0.29, 0.717) is 0 Å². The van der Waals surface area contributed by atoms with Gasteiger partial charge in [0.2, 0.25) is 0 Å². The fraction of sp³-hybridized carbons (Fsp3) is 0.182. The minimum Gasteiger partial charge on any atom is -0.360 e. The summed E-state index contributed by atoms with van der Waals surface area (Å²) in [5.41, 5.74) is 1.76. The summed E-state index contributed by atoms with van der Waals surface area (Å²) in [5, 5.41) is 0.990. The summed E-state index contributed by atoms with van der Waals surface area (Å²) in [6.07, 6.45) is 1.77. The zero-order chi connectivity index (χ0) is 10.1. The molecule has 2 nitrogen and oxygen atoms in total. The van der Waals surface area contributed by atoms with E-state index in [-0.39, 0.29) is 10.6 Å². The molecule has 1 aromatic heterocycles. The number of carbonyl (C=O) groups is 1. The highest BCUT2D eigenvalue weighted by molar-refractivity contribution is 9.10. The largest absolute Gasteiger partial charge is 0.360 e. The molecule has 1 heterocycles. The Hall–Kier alpha value is -1.09. The second-order valence-corrected chi connectivity index (χ2v) is 4.60. The average molecular weight is 252 g/mol. The highest BCUT2D eigenvalue weighted by atomic mass is 79.9. The van der Waals surface area contributed by atoms with Crippen molar-refractivity contribution in [1.82, 2.24) is 4.98 Å². The average Bonchev–Trinajstić information content (AvgIpc) is 2.60. The van der Waals surface area contributed by atoms with Crippen LogP contribution in [0.2, 0.25) is 0 Å². The monoisotopic (exact) mass is 251 g/mol. The molecular formula is C11H10BrNO. The summed E-state index contributed by atoms with van der Waals surface area (Å²) in [5.74, 6) is 0.113. The Kier molecular flexibility index (Phi) is 2.42. The van der Waals surface area contributed by atoms with Gasteiger partial charge in [0.25, 0.3) is 0 Å². The maximum Gasteiger partial charge on any atom is 0.178 e. The Morgan fingerprint density at radius 3 is 2.86 bits per heavy atom. The molecule has 0 aliphatic heterocycles. The van der Waals surface area contributed by atoms with Crippen molar-refractivity contribution in [3.8, 4) is 0 Å². The van der Waals surface area contributed by atoms with Crippen molar-refractivity contribution in [2.24, 2.45) is 0 Å². The molecule has 0 unspecified atom stereocenters. The fourth-order valence-corrected chi connectivity index (χ4v) is 1.74. The third kappa shape index (κ3) is 1.48. The zero-order valence-corrected chi connectivity index (χ0v) is 9.34. The van der Waals surface area contributed by atoms with Gasteiger partial charge >= 0.3 is 0 Å². The van der Waals surface area contributed by atoms with Crippen molar-refractivity contribution >= 4 is 32.6 Å². The molecule has 1 atom stereocenters. The number of rotatable bonds is 2. The number of alkyl halides is 1. The molecule has 0 spiro atoms. The number of benzene rings is 1. The van der Waals surface area contributed by atoms with Gasteiger partial charge in [0.1, 0.15) is 0 Å². The molecule has 0 fully saturated rings. The van der Waals surface area contributed by atoms with Gasteiger partial charge in [-0.3, -0.25) is 4.79 Å². The van der Waals surface area contributed by atoms with E-state index in [9.17, 15) is 4.79 Å². The maximum atomic E-state index is 11.8. The normalized spacial score (nSPS) is 13.0. The molecule has 0 saturated heterocycles. The van der Waals surface area contributed by atoms with E-state index in [1.165, 1.54) is 0 Å². The quantitative estimate of drug-likeness (QED) is 0.646. The summed E-state index contributed by atoms with van der Waals surface area (Å²) in [6, 6.07) is 7.80. The van der Waals surface area contributed by atoms with Crippen LogP contribution in [0.25, 0.3) is 10.9 Å². The van der Waals surface area contributed by atoms with Gasteiger partial charge in [0.05, 0.1) is 4.83 Å². The van der Waals surface area contributed by atoms with Crippen molar-refractivity contribution < 1.29 is 4.79 Å². The van der Waals surface area contributed by atoms with Crippen molar-refractivity contribution in [2.75, 3.05) is 0 Å². The van der Waals surface area contributed by atoms with Crippen LogP contribution < -0.4 is 0 Å². The van der Waals surface area contributed by atoms with Crippen molar-refractivity contribution in [3.63, 3.8) is 0 Å². The van der Waals surface area contributed by atoms with E-state index in [1.54, 1.807) is 6.20 Å². The molecule has 0 aliphatic carbocycles. The van der Waals surface area contributed by atoms with Crippen molar-refractivity contribution in [2.45, 2.75) is 11.8 Å². The van der Waals surface area contributed by atoms with Crippen LogP contribution in [0.4, 0.5) is 0 Å². The summed E-state index contributed by atoms with van der Waals surface area (Å²) < 4.78 is 0. The molecule has 0 radical (unpaired) electrons. The predicted molar refractivity (Wildman–Crippen MR) is 61.0 cm³/mol. The molecule has 2 aromatic rings. The molecule has 0 saturated carbocycles. The van der Waals surface area contributed by atoms with Crippen molar-refractivity contribution in [1.29, 1.82) is 0 Å². The van der Waals surface area contributed by atoms with Gasteiger partial charge < -0.3 is 4.98 Å². The molecule has 0 bridgehead atoms. The van der Waals surface area contributed by atoms with Crippen LogP contribution in [0.5, 0.6) is 0 Å². The molecule has 1 aromatic carbocycles. The summed E-state index contributed by atoms with van der Waals surface area (Å²) in [4.78, 5) is 14.7. The molecule has 0 amide bonds. The number of Topliss-reactive ketones (excluding diaryl/α,β-unsaturated/α-hetero) is 1. The summed E-state index contributed by atoms with van der Waals surface area (Å²) in [6.45, 7) is 1.84. The SMILES string of the molecule is C[C@H](Br)C(=O)c1c[nH]c2ccccc12.